The summed E-state index contributed by atoms with van der Waals surface area (Å²) in [5, 5.41) is 0. The van der Waals surface area contributed by atoms with Crippen molar-refractivity contribution in [1.29, 1.82) is 0 Å². The summed E-state index contributed by atoms with van der Waals surface area (Å²) in [5.74, 6) is 0.471. The van der Waals surface area contributed by atoms with Crippen molar-refractivity contribution in [3.05, 3.63) is 29.6 Å². The summed E-state index contributed by atoms with van der Waals surface area (Å²) in [7, 11) is 7.00. The van der Waals surface area contributed by atoms with Crippen molar-refractivity contribution in [3.8, 4) is 0 Å². The van der Waals surface area contributed by atoms with Crippen LogP contribution in [0.25, 0.3) is 0 Å². The van der Waals surface area contributed by atoms with Crippen LogP contribution in [0, 0.1) is 11.7 Å². The van der Waals surface area contributed by atoms with E-state index in [1.807, 2.05) is 0 Å². The Balaban J connectivity index is 2.05. The van der Waals surface area contributed by atoms with Gasteiger partial charge < -0.3 is 4.90 Å². The zero-order chi connectivity index (χ0) is 12.3. The maximum absolute atomic E-state index is 13.2. The van der Waals surface area contributed by atoms with Crippen molar-refractivity contribution in [2.45, 2.75) is 24.7 Å². The Hall–Kier alpha value is -0.250. The lowest BCUT2D eigenvalue weighted by atomic mass is 9.98. The molecule has 1 aromatic carbocycles. The number of halogens is 2. The van der Waals surface area contributed by atoms with Crippen molar-refractivity contribution < 1.29 is 4.39 Å². The summed E-state index contributed by atoms with van der Waals surface area (Å²) < 4.78 is 13.2. The Labute approximate surface area is 111 Å². The molecule has 0 aromatic heterocycles. The predicted molar refractivity (Wildman–Crippen MR) is 72.0 cm³/mol. The van der Waals surface area contributed by atoms with Gasteiger partial charge in [-0.3, -0.25) is 0 Å². The second kappa shape index (κ2) is 6.07. The van der Waals surface area contributed by atoms with E-state index in [1.165, 1.54) is 30.0 Å². The largest absolute Gasteiger partial charge is 0.303 e. The van der Waals surface area contributed by atoms with Crippen LogP contribution in [0.4, 0.5) is 4.39 Å². The van der Waals surface area contributed by atoms with Gasteiger partial charge in [-0.2, -0.15) is 0 Å². The first-order valence-corrected chi connectivity index (χ1v) is 7.66. The van der Waals surface area contributed by atoms with Crippen molar-refractivity contribution in [2.24, 2.45) is 5.92 Å². The molecule has 1 heterocycles. The van der Waals surface area contributed by atoms with Gasteiger partial charge in [-0.25, -0.2) is 4.39 Å². The van der Waals surface area contributed by atoms with Gasteiger partial charge in [0.15, 0.2) is 0 Å². The normalized spacial score (nSPS) is 21.0. The summed E-state index contributed by atoms with van der Waals surface area (Å²) in [6, 6.07) is 4.87. The average molecular weight is 274 g/mol. The fraction of sp³-hybridized carbons (Fsp3) is 0.538. The van der Waals surface area contributed by atoms with Gasteiger partial charge in [0, 0.05) is 11.4 Å². The van der Waals surface area contributed by atoms with Crippen LogP contribution in [-0.2, 0) is 6.42 Å². The molecule has 1 saturated heterocycles. The molecule has 1 atom stereocenters. The zero-order valence-corrected chi connectivity index (χ0v) is 11.5. The fourth-order valence-electron chi connectivity index (χ4n) is 2.46. The summed E-state index contributed by atoms with van der Waals surface area (Å²) in [6.45, 7) is 5.58. The van der Waals surface area contributed by atoms with Crippen molar-refractivity contribution >= 4 is 21.7 Å². The third-order valence-corrected chi connectivity index (χ3v) is 4.49. The van der Waals surface area contributed by atoms with E-state index in [0.29, 0.717) is 5.92 Å². The van der Waals surface area contributed by atoms with Crippen molar-refractivity contribution in [2.75, 3.05) is 19.6 Å². The molecule has 1 aliphatic heterocycles. The van der Waals surface area contributed by atoms with Gasteiger partial charge in [0.1, 0.15) is 5.82 Å². The molecule has 0 aliphatic carbocycles. The van der Waals surface area contributed by atoms with E-state index in [4.69, 9.17) is 10.7 Å². The van der Waals surface area contributed by atoms with Gasteiger partial charge in [-0.05, 0) is 77.3 Å². The molecule has 4 heteroatoms. The molecule has 1 aromatic rings. The zero-order valence-electron chi connectivity index (χ0n) is 9.96. The average Bonchev–Trinajstić information content (AvgIpc) is 2.77. The molecule has 0 N–H and O–H groups in total. The topological polar surface area (TPSA) is 3.24 Å². The quantitative estimate of drug-likeness (QED) is 0.817. The molecule has 17 heavy (non-hydrogen) atoms. The number of hydrogen-bond donors (Lipinski definition) is 0. The summed E-state index contributed by atoms with van der Waals surface area (Å²) in [5.41, 5.74) is 1.05. The molecule has 1 unspecified atom stereocenters. The van der Waals surface area contributed by atoms with Gasteiger partial charge in [-0.1, -0.05) is 6.92 Å². The molecular formula is C13H17ClFNS. The molecule has 1 nitrogen and oxygen atoms in total. The Morgan fingerprint density at radius 1 is 1.53 bits per heavy atom. The highest BCUT2D eigenvalue weighted by molar-refractivity contribution is 8.21. The van der Waals surface area contributed by atoms with Crippen molar-refractivity contribution in [1.82, 2.24) is 4.90 Å². The van der Waals surface area contributed by atoms with Crippen LogP contribution in [0.5, 0.6) is 0 Å². The van der Waals surface area contributed by atoms with E-state index < -0.39 is 0 Å². The van der Waals surface area contributed by atoms with E-state index >= 15 is 0 Å². The number of likely N-dealkylation sites (tertiary alicyclic amines) is 1. The van der Waals surface area contributed by atoms with Gasteiger partial charge >= 0.3 is 0 Å². The van der Waals surface area contributed by atoms with Crippen LogP contribution in [0.2, 0.25) is 0 Å². The molecule has 0 radical (unpaired) electrons. The maximum Gasteiger partial charge on any atom is 0.123 e. The molecule has 0 bridgehead atoms. The Bertz CT molecular complexity index is 386. The lowest BCUT2D eigenvalue weighted by Crippen LogP contribution is -2.20. The molecule has 1 fully saturated rings. The van der Waals surface area contributed by atoms with Crippen LogP contribution in [0.1, 0.15) is 18.9 Å². The number of nitrogens with zero attached hydrogens (tertiary/aromatic N) is 1. The van der Waals surface area contributed by atoms with Crippen molar-refractivity contribution in [3.63, 3.8) is 0 Å². The lowest BCUT2D eigenvalue weighted by molar-refractivity contribution is 0.341. The number of benzene rings is 1. The van der Waals surface area contributed by atoms with Gasteiger partial charge in [0.2, 0.25) is 0 Å². The number of hydrogen-bond acceptors (Lipinski definition) is 2. The highest BCUT2D eigenvalue weighted by Crippen LogP contribution is 2.30. The van der Waals surface area contributed by atoms with E-state index in [2.05, 4.69) is 11.8 Å². The van der Waals surface area contributed by atoms with Crippen LogP contribution in [0.15, 0.2) is 23.1 Å². The summed E-state index contributed by atoms with van der Waals surface area (Å²) in [6.07, 6.45) is 2.14. The minimum atomic E-state index is -0.167. The predicted octanol–water partition coefficient (Wildman–Crippen LogP) is 3.96. The SMILES string of the molecule is CCN1CCC(Cc2cc(F)ccc2SCl)C1. The Morgan fingerprint density at radius 2 is 2.35 bits per heavy atom. The number of rotatable bonds is 4. The third kappa shape index (κ3) is 3.36. The first-order chi connectivity index (χ1) is 8.22. The maximum atomic E-state index is 13.2. The van der Waals surface area contributed by atoms with E-state index in [1.54, 1.807) is 12.1 Å². The van der Waals surface area contributed by atoms with Crippen LogP contribution >= 0.6 is 21.7 Å². The molecule has 1 aliphatic rings. The minimum Gasteiger partial charge on any atom is -0.303 e. The molecular weight excluding hydrogens is 257 g/mol. The highest BCUT2D eigenvalue weighted by Gasteiger charge is 2.22. The van der Waals surface area contributed by atoms with E-state index in [0.717, 1.165) is 30.0 Å². The van der Waals surface area contributed by atoms with Crippen LogP contribution in [0.3, 0.4) is 0 Å². The van der Waals surface area contributed by atoms with Crippen LogP contribution < -0.4 is 0 Å². The fourth-order valence-corrected chi connectivity index (χ4v) is 3.27. The Morgan fingerprint density at radius 3 is 3.00 bits per heavy atom. The second-order valence-corrected chi connectivity index (χ2v) is 5.64. The van der Waals surface area contributed by atoms with E-state index in [9.17, 15) is 4.39 Å². The standard InChI is InChI=1S/C13H17ClFNS/c1-2-16-6-5-10(9-16)7-11-8-12(15)3-4-13(11)17-14/h3-4,8,10H,2,5-7,9H2,1H3. The molecule has 2 rings (SSSR count). The van der Waals surface area contributed by atoms with Crippen LogP contribution in [-0.4, -0.2) is 24.5 Å². The third-order valence-electron chi connectivity index (χ3n) is 3.43. The summed E-state index contributed by atoms with van der Waals surface area (Å²) in [4.78, 5) is 3.43. The first-order valence-electron chi connectivity index (χ1n) is 6.02. The van der Waals surface area contributed by atoms with Gasteiger partial charge in [0.25, 0.3) is 0 Å². The first kappa shape index (κ1) is 13.2. The van der Waals surface area contributed by atoms with E-state index in [-0.39, 0.29) is 5.82 Å². The lowest BCUT2D eigenvalue weighted by Gasteiger charge is -2.14. The Kier molecular flexibility index (Phi) is 4.71. The highest BCUT2D eigenvalue weighted by atomic mass is 35.7. The second-order valence-electron chi connectivity index (χ2n) is 4.58. The summed E-state index contributed by atoms with van der Waals surface area (Å²) >= 11 is 0. The van der Waals surface area contributed by atoms with Gasteiger partial charge in [0.05, 0.1) is 0 Å². The minimum absolute atomic E-state index is 0.167. The van der Waals surface area contributed by atoms with Gasteiger partial charge in [-0.15, -0.1) is 0 Å². The molecule has 0 amide bonds. The monoisotopic (exact) mass is 273 g/mol. The molecule has 94 valence electrons. The molecule has 0 saturated carbocycles. The smallest absolute Gasteiger partial charge is 0.123 e. The molecule has 0 spiro atoms.